The van der Waals surface area contributed by atoms with E-state index >= 15 is 0 Å². The van der Waals surface area contributed by atoms with Gasteiger partial charge in [-0.1, -0.05) is 44.2 Å². The van der Waals surface area contributed by atoms with E-state index in [0.29, 0.717) is 29.5 Å². The highest BCUT2D eigenvalue weighted by molar-refractivity contribution is 7.89. The Labute approximate surface area is 179 Å². The van der Waals surface area contributed by atoms with Gasteiger partial charge >= 0.3 is 0 Å². The number of likely N-dealkylation sites (N-methyl/N-ethyl adjacent to an activating group) is 1. The summed E-state index contributed by atoms with van der Waals surface area (Å²) in [5.41, 5.74) is 8.77. The van der Waals surface area contributed by atoms with Crippen LogP contribution in [0.15, 0.2) is 58.4 Å². The zero-order chi connectivity index (χ0) is 21.7. The van der Waals surface area contributed by atoms with E-state index in [2.05, 4.69) is 35.1 Å². The molecule has 1 heterocycles. The maximum absolute atomic E-state index is 13.2. The first-order chi connectivity index (χ1) is 14.3. The van der Waals surface area contributed by atoms with Crippen LogP contribution in [0.2, 0.25) is 0 Å². The predicted molar refractivity (Wildman–Crippen MR) is 122 cm³/mol. The van der Waals surface area contributed by atoms with Crippen LogP contribution in [0.5, 0.6) is 0 Å². The number of aliphatic imine (C=N–C) groups is 1. The Morgan fingerprint density at radius 2 is 1.80 bits per heavy atom. The first-order valence-corrected chi connectivity index (χ1v) is 11.6. The first kappa shape index (κ1) is 22.3. The zero-order valence-corrected chi connectivity index (χ0v) is 18.7. The molecule has 2 aromatic rings. The van der Waals surface area contributed by atoms with Gasteiger partial charge in [-0.15, -0.1) is 0 Å². The summed E-state index contributed by atoms with van der Waals surface area (Å²) in [6.07, 6.45) is 0. The molecule has 30 heavy (non-hydrogen) atoms. The molecular formula is C22H31N5O2S. The molecule has 0 atom stereocenters. The Hall–Kier alpha value is -2.42. The van der Waals surface area contributed by atoms with Crippen molar-refractivity contribution < 1.29 is 8.42 Å². The molecule has 0 aromatic heterocycles. The Kier molecular flexibility index (Phi) is 7.12. The van der Waals surface area contributed by atoms with Crippen molar-refractivity contribution >= 4 is 21.7 Å². The minimum absolute atomic E-state index is 0.186. The van der Waals surface area contributed by atoms with Crippen LogP contribution in [0.1, 0.15) is 30.9 Å². The van der Waals surface area contributed by atoms with E-state index in [9.17, 15) is 8.42 Å². The Bertz CT molecular complexity index is 996. The van der Waals surface area contributed by atoms with Gasteiger partial charge in [0.1, 0.15) is 0 Å². The van der Waals surface area contributed by atoms with Gasteiger partial charge in [0.15, 0.2) is 5.96 Å². The predicted octanol–water partition coefficient (Wildman–Crippen LogP) is 2.67. The van der Waals surface area contributed by atoms with Gasteiger partial charge in [0.2, 0.25) is 10.0 Å². The van der Waals surface area contributed by atoms with Crippen molar-refractivity contribution in [2.24, 2.45) is 10.7 Å². The number of rotatable bonds is 6. The fourth-order valence-corrected chi connectivity index (χ4v) is 5.02. The topological polar surface area (TPSA) is 91.0 Å². The van der Waals surface area contributed by atoms with Gasteiger partial charge in [0.05, 0.1) is 11.4 Å². The van der Waals surface area contributed by atoms with Crippen LogP contribution in [0, 0.1) is 0 Å². The van der Waals surface area contributed by atoms with Crippen molar-refractivity contribution in [1.29, 1.82) is 0 Å². The van der Waals surface area contributed by atoms with Crippen molar-refractivity contribution in [1.82, 2.24) is 9.21 Å². The quantitative estimate of drug-likeness (QED) is 0.544. The molecule has 0 saturated carbocycles. The lowest BCUT2D eigenvalue weighted by molar-refractivity contribution is 0.222. The molecule has 0 radical (unpaired) electrons. The summed E-state index contributed by atoms with van der Waals surface area (Å²) < 4.78 is 27.9. The number of benzene rings is 2. The van der Waals surface area contributed by atoms with Crippen LogP contribution in [-0.4, -0.2) is 56.8 Å². The van der Waals surface area contributed by atoms with Crippen LogP contribution in [0.25, 0.3) is 0 Å². The van der Waals surface area contributed by atoms with Crippen LogP contribution < -0.4 is 11.1 Å². The number of nitrogens with one attached hydrogen (secondary N) is 1. The maximum atomic E-state index is 13.2. The minimum Gasteiger partial charge on any atom is -0.370 e. The molecule has 7 nitrogen and oxygen atoms in total. The fraction of sp³-hybridized carbons (Fsp3) is 0.409. The van der Waals surface area contributed by atoms with Crippen LogP contribution >= 0.6 is 0 Å². The highest BCUT2D eigenvalue weighted by Crippen LogP contribution is 2.22. The third-order valence-corrected chi connectivity index (χ3v) is 7.30. The maximum Gasteiger partial charge on any atom is 0.243 e. The van der Waals surface area contributed by atoms with Crippen molar-refractivity contribution in [3.8, 4) is 0 Å². The monoisotopic (exact) mass is 429 g/mol. The Morgan fingerprint density at radius 1 is 1.10 bits per heavy atom. The van der Waals surface area contributed by atoms with Gasteiger partial charge < -0.3 is 16.0 Å². The number of anilines is 1. The molecule has 3 rings (SSSR count). The lowest BCUT2D eigenvalue weighted by atomic mass is 10.0. The van der Waals surface area contributed by atoms with Crippen LogP contribution in [0.3, 0.4) is 0 Å². The second kappa shape index (κ2) is 9.59. The number of sulfonamides is 1. The number of hydrogen-bond acceptors (Lipinski definition) is 4. The van der Waals surface area contributed by atoms with Gasteiger partial charge in [-0.05, 0) is 42.3 Å². The van der Waals surface area contributed by atoms with E-state index in [1.54, 1.807) is 22.5 Å². The number of nitrogens with zero attached hydrogens (tertiary/aromatic N) is 3. The summed E-state index contributed by atoms with van der Waals surface area (Å²) in [6, 6.07) is 15.0. The van der Waals surface area contributed by atoms with E-state index in [4.69, 9.17) is 5.73 Å². The number of piperazine rings is 1. The van der Waals surface area contributed by atoms with E-state index < -0.39 is 10.0 Å². The molecule has 8 heteroatoms. The molecule has 3 N–H and O–H groups in total. The standard InChI is InChI=1S/C22H31N5O2S/c1-17(2)18-8-6-9-20(15-18)25-22(23)24-16-19-7-4-5-10-21(19)30(28,29)27-13-11-26(3)12-14-27/h4-10,15,17H,11-14,16H2,1-3H3,(H3,23,24,25). The molecule has 0 amide bonds. The number of guanidine groups is 1. The van der Waals surface area contributed by atoms with Crippen LogP contribution in [0.4, 0.5) is 5.69 Å². The molecule has 0 bridgehead atoms. The molecule has 0 unspecified atom stereocenters. The largest absolute Gasteiger partial charge is 0.370 e. The third kappa shape index (κ3) is 5.38. The first-order valence-electron chi connectivity index (χ1n) is 10.2. The highest BCUT2D eigenvalue weighted by atomic mass is 32.2. The second-order valence-corrected chi connectivity index (χ2v) is 9.83. The zero-order valence-electron chi connectivity index (χ0n) is 17.9. The third-order valence-electron chi connectivity index (χ3n) is 5.30. The van der Waals surface area contributed by atoms with Crippen molar-refractivity contribution in [2.75, 3.05) is 38.5 Å². The molecule has 162 valence electrons. The molecule has 1 saturated heterocycles. The molecule has 0 aliphatic carbocycles. The summed E-state index contributed by atoms with van der Waals surface area (Å²) >= 11 is 0. The van der Waals surface area contributed by atoms with Gasteiger partial charge in [0, 0.05) is 31.9 Å². The van der Waals surface area contributed by atoms with Gasteiger partial charge in [-0.25, -0.2) is 13.4 Å². The van der Waals surface area contributed by atoms with Crippen molar-refractivity contribution in [3.63, 3.8) is 0 Å². The molecule has 0 spiro atoms. The Balaban J connectivity index is 1.75. The lowest BCUT2D eigenvalue weighted by Gasteiger charge is -2.32. The summed E-state index contributed by atoms with van der Waals surface area (Å²) in [7, 11) is -1.56. The SMILES string of the molecule is CC(C)c1cccc(NC(N)=NCc2ccccc2S(=O)(=O)N2CCN(C)CC2)c1. The molecule has 2 aromatic carbocycles. The smallest absolute Gasteiger partial charge is 0.243 e. The van der Waals surface area contributed by atoms with Gasteiger partial charge in [0.25, 0.3) is 0 Å². The number of hydrogen-bond donors (Lipinski definition) is 2. The molecule has 1 aliphatic rings. The summed E-state index contributed by atoms with van der Waals surface area (Å²) in [5, 5.41) is 3.10. The van der Waals surface area contributed by atoms with E-state index in [0.717, 1.165) is 18.8 Å². The number of nitrogens with two attached hydrogens (primary N) is 1. The average molecular weight is 430 g/mol. The lowest BCUT2D eigenvalue weighted by Crippen LogP contribution is -2.47. The van der Waals surface area contributed by atoms with E-state index in [1.807, 2.05) is 31.3 Å². The van der Waals surface area contributed by atoms with Crippen LogP contribution in [-0.2, 0) is 16.6 Å². The van der Waals surface area contributed by atoms with Gasteiger partial charge in [-0.3, -0.25) is 0 Å². The summed E-state index contributed by atoms with van der Waals surface area (Å²) in [4.78, 5) is 6.81. The van der Waals surface area contributed by atoms with Crippen molar-refractivity contribution in [3.05, 3.63) is 59.7 Å². The fourth-order valence-electron chi connectivity index (χ4n) is 3.39. The molecular weight excluding hydrogens is 398 g/mol. The van der Waals surface area contributed by atoms with Gasteiger partial charge in [-0.2, -0.15) is 4.31 Å². The van der Waals surface area contributed by atoms with Crippen molar-refractivity contribution in [2.45, 2.75) is 31.2 Å². The van der Waals surface area contributed by atoms with E-state index in [1.165, 1.54) is 5.56 Å². The average Bonchev–Trinajstić information content (AvgIpc) is 2.73. The summed E-state index contributed by atoms with van der Waals surface area (Å²) in [6.45, 7) is 6.89. The highest BCUT2D eigenvalue weighted by Gasteiger charge is 2.29. The summed E-state index contributed by atoms with van der Waals surface area (Å²) in [5.74, 6) is 0.666. The second-order valence-electron chi connectivity index (χ2n) is 7.92. The minimum atomic E-state index is -3.56. The molecule has 1 fully saturated rings. The normalized spacial score (nSPS) is 16.7. The molecule has 1 aliphatic heterocycles. The van der Waals surface area contributed by atoms with E-state index in [-0.39, 0.29) is 12.5 Å². The Morgan fingerprint density at radius 3 is 2.50 bits per heavy atom.